The zero-order valence-corrected chi connectivity index (χ0v) is 12.2. The Morgan fingerprint density at radius 3 is 2.40 bits per heavy atom. The van der Waals surface area contributed by atoms with E-state index in [4.69, 9.17) is 0 Å². The van der Waals surface area contributed by atoms with Crippen LogP contribution in [0.4, 0.5) is 5.82 Å². The molecule has 1 aliphatic carbocycles. The molecule has 3 fully saturated rings. The molecule has 1 aromatic rings. The summed E-state index contributed by atoms with van der Waals surface area (Å²) in [7, 11) is 2.21. The van der Waals surface area contributed by atoms with Crippen molar-refractivity contribution in [2.24, 2.45) is 0 Å². The lowest BCUT2D eigenvalue weighted by atomic mass is 10.1. The van der Waals surface area contributed by atoms with Crippen LogP contribution in [-0.4, -0.2) is 72.1 Å². The highest BCUT2D eigenvalue weighted by Gasteiger charge is 2.37. The van der Waals surface area contributed by atoms with E-state index >= 15 is 0 Å². The van der Waals surface area contributed by atoms with Crippen LogP contribution < -0.4 is 4.90 Å². The van der Waals surface area contributed by atoms with Crippen LogP contribution in [0.2, 0.25) is 0 Å². The maximum atomic E-state index is 4.59. The van der Waals surface area contributed by atoms with Crippen LogP contribution in [0.15, 0.2) is 12.4 Å². The second-order valence-corrected chi connectivity index (χ2v) is 6.44. The summed E-state index contributed by atoms with van der Waals surface area (Å²) in [6, 6.07) is 0.720. The first-order valence-electron chi connectivity index (χ1n) is 7.79. The first-order chi connectivity index (χ1) is 9.81. The molecule has 0 unspecified atom stereocenters. The molecule has 5 nitrogen and oxygen atoms in total. The Morgan fingerprint density at radius 1 is 1.00 bits per heavy atom. The molecule has 5 heteroatoms. The first-order valence-corrected chi connectivity index (χ1v) is 7.79. The quantitative estimate of drug-likeness (QED) is 0.813. The molecule has 0 spiro atoms. The van der Waals surface area contributed by atoms with Crippen LogP contribution >= 0.6 is 0 Å². The van der Waals surface area contributed by atoms with Crippen molar-refractivity contribution in [1.29, 1.82) is 0 Å². The van der Waals surface area contributed by atoms with E-state index < -0.39 is 0 Å². The van der Waals surface area contributed by atoms with Gasteiger partial charge in [0, 0.05) is 63.6 Å². The Bertz CT molecular complexity index is 473. The van der Waals surface area contributed by atoms with Crippen molar-refractivity contribution in [2.75, 3.05) is 51.2 Å². The first kappa shape index (κ1) is 12.5. The molecule has 1 saturated carbocycles. The highest BCUT2D eigenvalue weighted by atomic mass is 15.4. The van der Waals surface area contributed by atoms with Crippen LogP contribution in [0.1, 0.15) is 24.5 Å². The smallest absolute Gasteiger partial charge is 0.150 e. The fraction of sp³-hybridized carbons (Fsp3) is 0.733. The Kier molecular flexibility index (Phi) is 3.11. The number of hydrogen-bond acceptors (Lipinski definition) is 5. The molecular weight excluding hydrogens is 250 g/mol. The van der Waals surface area contributed by atoms with Crippen molar-refractivity contribution < 1.29 is 0 Å². The Morgan fingerprint density at radius 2 is 1.70 bits per heavy atom. The summed E-state index contributed by atoms with van der Waals surface area (Å²) in [5, 5.41) is 0. The van der Waals surface area contributed by atoms with E-state index in [1.807, 2.05) is 12.4 Å². The lowest BCUT2D eigenvalue weighted by Crippen LogP contribution is -2.63. The molecule has 2 aliphatic heterocycles. The van der Waals surface area contributed by atoms with Crippen LogP contribution in [0, 0.1) is 0 Å². The number of nitrogens with zero attached hydrogens (tertiary/aromatic N) is 5. The summed E-state index contributed by atoms with van der Waals surface area (Å²) < 4.78 is 0. The van der Waals surface area contributed by atoms with Crippen molar-refractivity contribution >= 4 is 5.82 Å². The molecule has 0 aromatic carbocycles. The number of hydrogen-bond donors (Lipinski definition) is 0. The fourth-order valence-corrected chi connectivity index (χ4v) is 3.28. The van der Waals surface area contributed by atoms with Crippen molar-refractivity contribution in [2.45, 2.75) is 24.8 Å². The van der Waals surface area contributed by atoms with Gasteiger partial charge >= 0.3 is 0 Å². The molecule has 3 heterocycles. The van der Waals surface area contributed by atoms with Gasteiger partial charge in [-0.3, -0.25) is 9.88 Å². The van der Waals surface area contributed by atoms with Gasteiger partial charge in [-0.2, -0.15) is 0 Å². The molecular formula is C15H23N5. The predicted molar refractivity (Wildman–Crippen MR) is 79.1 cm³/mol. The van der Waals surface area contributed by atoms with Gasteiger partial charge in [-0.25, -0.2) is 4.98 Å². The van der Waals surface area contributed by atoms with Gasteiger partial charge in [0.05, 0.1) is 5.69 Å². The molecule has 0 N–H and O–H groups in total. The molecule has 0 amide bonds. The summed E-state index contributed by atoms with van der Waals surface area (Å²) in [4.78, 5) is 16.6. The van der Waals surface area contributed by atoms with Crippen LogP contribution in [0.3, 0.4) is 0 Å². The van der Waals surface area contributed by atoms with Gasteiger partial charge in [0.25, 0.3) is 0 Å². The molecule has 3 aliphatic rings. The second-order valence-electron chi connectivity index (χ2n) is 6.44. The topological polar surface area (TPSA) is 35.5 Å². The molecule has 4 rings (SSSR count). The van der Waals surface area contributed by atoms with Gasteiger partial charge in [-0.15, -0.1) is 0 Å². The molecule has 0 radical (unpaired) electrons. The zero-order chi connectivity index (χ0) is 13.5. The minimum Gasteiger partial charge on any atom is -0.352 e. The molecule has 0 bridgehead atoms. The average Bonchev–Trinajstić information content (AvgIpc) is 3.24. The molecule has 20 heavy (non-hydrogen) atoms. The van der Waals surface area contributed by atoms with E-state index in [1.54, 1.807) is 0 Å². The minimum absolute atomic E-state index is 0.682. The minimum atomic E-state index is 0.682. The Balaban J connectivity index is 1.39. The number of rotatable bonds is 3. The lowest BCUT2D eigenvalue weighted by molar-refractivity contribution is 0.0960. The third-order valence-corrected chi connectivity index (χ3v) is 4.89. The van der Waals surface area contributed by atoms with E-state index in [2.05, 4.69) is 31.7 Å². The van der Waals surface area contributed by atoms with Crippen LogP contribution in [0.25, 0.3) is 0 Å². The number of aromatic nitrogens is 2. The highest BCUT2D eigenvalue weighted by Crippen LogP contribution is 2.43. The summed E-state index contributed by atoms with van der Waals surface area (Å²) in [5.74, 6) is 1.83. The third kappa shape index (κ3) is 2.29. The molecule has 2 saturated heterocycles. The summed E-state index contributed by atoms with van der Waals surface area (Å²) in [6.45, 7) is 7.09. The largest absolute Gasteiger partial charge is 0.352 e. The van der Waals surface area contributed by atoms with E-state index in [0.29, 0.717) is 5.92 Å². The van der Waals surface area contributed by atoms with Crippen molar-refractivity contribution in [3.05, 3.63) is 18.1 Å². The van der Waals surface area contributed by atoms with Crippen molar-refractivity contribution in [1.82, 2.24) is 19.8 Å². The standard InChI is InChI=1S/C15H23N5/c1-18-6-8-19(9-7-18)13-10-20(11-13)15-14(12-2-3-12)16-4-5-17-15/h4-5,12-13H,2-3,6-11H2,1H3. The monoisotopic (exact) mass is 273 g/mol. The number of anilines is 1. The normalized spacial score (nSPS) is 25.8. The summed E-state index contributed by atoms with van der Waals surface area (Å²) in [5.41, 5.74) is 1.24. The SMILES string of the molecule is CN1CCN(C2CN(c3nccnc3C3CC3)C2)CC1. The Hall–Kier alpha value is -1.20. The van der Waals surface area contributed by atoms with E-state index in [0.717, 1.165) is 24.9 Å². The predicted octanol–water partition coefficient (Wildman–Crippen LogP) is 0.790. The van der Waals surface area contributed by atoms with Gasteiger partial charge in [0.1, 0.15) is 0 Å². The van der Waals surface area contributed by atoms with Gasteiger partial charge in [-0.1, -0.05) is 0 Å². The summed E-state index contributed by atoms with van der Waals surface area (Å²) >= 11 is 0. The van der Waals surface area contributed by atoms with E-state index in [-0.39, 0.29) is 0 Å². The van der Waals surface area contributed by atoms with Crippen LogP contribution in [0.5, 0.6) is 0 Å². The van der Waals surface area contributed by atoms with Gasteiger partial charge in [0.2, 0.25) is 0 Å². The van der Waals surface area contributed by atoms with E-state index in [9.17, 15) is 0 Å². The van der Waals surface area contributed by atoms with Gasteiger partial charge < -0.3 is 9.80 Å². The summed E-state index contributed by atoms with van der Waals surface area (Å²) in [6.07, 6.45) is 6.27. The highest BCUT2D eigenvalue weighted by molar-refractivity contribution is 5.49. The maximum Gasteiger partial charge on any atom is 0.150 e. The molecule has 108 valence electrons. The van der Waals surface area contributed by atoms with Crippen molar-refractivity contribution in [3.8, 4) is 0 Å². The number of piperazine rings is 1. The van der Waals surface area contributed by atoms with Gasteiger partial charge in [0.15, 0.2) is 5.82 Å². The fourth-order valence-electron chi connectivity index (χ4n) is 3.28. The number of likely N-dealkylation sites (N-methyl/N-ethyl adjacent to an activating group) is 1. The average molecular weight is 273 g/mol. The molecule has 0 atom stereocenters. The van der Waals surface area contributed by atoms with Crippen LogP contribution in [-0.2, 0) is 0 Å². The molecule has 1 aromatic heterocycles. The third-order valence-electron chi connectivity index (χ3n) is 4.89. The Labute approximate surface area is 120 Å². The van der Waals surface area contributed by atoms with Gasteiger partial charge in [-0.05, 0) is 19.9 Å². The lowest BCUT2D eigenvalue weighted by Gasteiger charge is -2.48. The van der Waals surface area contributed by atoms with Crippen molar-refractivity contribution in [3.63, 3.8) is 0 Å². The second kappa shape index (κ2) is 4.97. The zero-order valence-electron chi connectivity index (χ0n) is 12.2. The maximum absolute atomic E-state index is 4.59. The van der Waals surface area contributed by atoms with E-state index in [1.165, 1.54) is 44.7 Å².